The molecule has 0 aliphatic rings. The van der Waals surface area contributed by atoms with Crippen LogP contribution >= 0.6 is 0 Å². The minimum Gasteiger partial charge on any atom is -0.345 e. The molecule has 0 heterocycles. The smallest absolute Gasteiger partial charge is 0.254 e. The molecule has 0 bridgehead atoms. The van der Waals surface area contributed by atoms with Crippen molar-refractivity contribution in [1.82, 2.24) is 10.2 Å². The summed E-state index contributed by atoms with van der Waals surface area (Å²) in [6, 6.07) is 20.5. The van der Waals surface area contributed by atoms with Gasteiger partial charge in [0.05, 0.1) is 6.54 Å². The largest absolute Gasteiger partial charge is 0.345 e. The zero-order valence-corrected chi connectivity index (χ0v) is 20.7. The first kappa shape index (κ1) is 26.6. The van der Waals surface area contributed by atoms with Crippen LogP contribution in [0.5, 0.6) is 0 Å². The molecule has 0 saturated carbocycles. The van der Waals surface area contributed by atoms with Crippen LogP contribution in [0.2, 0.25) is 0 Å². The molecule has 2 N–H and O–H groups in total. The zero-order valence-electron chi connectivity index (χ0n) is 20.7. The van der Waals surface area contributed by atoms with Crippen LogP contribution in [0.25, 0.3) is 0 Å². The molecule has 3 aromatic carbocycles. The fraction of sp³-hybridized carbons (Fsp3) is 0.276. The number of benzene rings is 3. The van der Waals surface area contributed by atoms with Crippen molar-refractivity contribution < 1.29 is 18.8 Å². The van der Waals surface area contributed by atoms with E-state index in [9.17, 15) is 18.8 Å². The third-order valence-corrected chi connectivity index (χ3v) is 5.71. The van der Waals surface area contributed by atoms with Crippen molar-refractivity contribution in [3.63, 3.8) is 0 Å². The molecule has 0 saturated heterocycles. The highest BCUT2D eigenvalue weighted by molar-refractivity contribution is 5.98. The lowest BCUT2D eigenvalue weighted by atomic mass is 10.1. The highest BCUT2D eigenvalue weighted by Crippen LogP contribution is 2.14. The highest BCUT2D eigenvalue weighted by Gasteiger charge is 2.20. The number of halogens is 1. The standard InChI is InChI=1S/C29H32FN3O3/c1-3-4-5-22-8-12-24(13-9-22)29(36)33(19-23-10-14-25(30)15-11-23)20-28(35)31-18-27(34)32-26-16-6-21(2)7-17-26/h6-17H,3-5,18-20H2,1-2H3,(H,31,35)(H,32,34). The number of carbonyl (C=O) groups excluding carboxylic acids is 3. The number of hydrogen-bond donors (Lipinski definition) is 2. The Bertz CT molecular complexity index is 1160. The van der Waals surface area contributed by atoms with Gasteiger partial charge in [0.25, 0.3) is 5.91 Å². The number of unbranched alkanes of at least 4 members (excludes halogenated alkanes) is 1. The first-order chi connectivity index (χ1) is 17.3. The number of amides is 3. The molecule has 0 aliphatic heterocycles. The lowest BCUT2D eigenvalue weighted by Gasteiger charge is -2.23. The fourth-order valence-electron chi connectivity index (χ4n) is 3.64. The molecule has 0 aromatic heterocycles. The molecule has 7 heteroatoms. The lowest BCUT2D eigenvalue weighted by molar-refractivity contribution is -0.124. The summed E-state index contributed by atoms with van der Waals surface area (Å²) in [5.74, 6) is -1.53. The van der Waals surface area contributed by atoms with Crippen LogP contribution in [0.4, 0.5) is 10.1 Å². The van der Waals surface area contributed by atoms with E-state index < -0.39 is 5.91 Å². The van der Waals surface area contributed by atoms with E-state index in [0.29, 0.717) is 16.8 Å². The van der Waals surface area contributed by atoms with Gasteiger partial charge in [-0.1, -0.05) is 55.3 Å². The van der Waals surface area contributed by atoms with Gasteiger partial charge in [0.15, 0.2) is 0 Å². The Labute approximate surface area is 211 Å². The van der Waals surface area contributed by atoms with Crippen molar-refractivity contribution in [2.45, 2.75) is 39.7 Å². The van der Waals surface area contributed by atoms with Crippen LogP contribution in [0.1, 0.15) is 46.8 Å². The molecular formula is C29H32FN3O3. The Morgan fingerprint density at radius 1 is 0.833 bits per heavy atom. The predicted molar refractivity (Wildman–Crippen MR) is 139 cm³/mol. The summed E-state index contributed by atoms with van der Waals surface area (Å²) in [6.07, 6.45) is 3.10. The molecule has 188 valence electrons. The van der Waals surface area contributed by atoms with Gasteiger partial charge >= 0.3 is 0 Å². The van der Waals surface area contributed by atoms with Crippen LogP contribution < -0.4 is 10.6 Å². The Morgan fingerprint density at radius 2 is 1.47 bits per heavy atom. The number of nitrogens with zero attached hydrogens (tertiary/aromatic N) is 1. The van der Waals surface area contributed by atoms with Crippen LogP contribution in [0.3, 0.4) is 0 Å². The molecule has 0 aliphatic carbocycles. The van der Waals surface area contributed by atoms with Gasteiger partial charge < -0.3 is 15.5 Å². The summed E-state index contributed by atoms with van der Waals surface area (Å²) in [7, 11) is 0. The van der Waals surface area contributed by atoms with E-state index in [1.165, 1.54) is 17.0 Å². The maximum Gasteiger partial charge on any atom is 0.254 e. The van der Waals surface area contributed by atoms with E-state index in [2.05, 4.69) is 17.6 Å². The molecule has 3 aromatic rings. The molecule has 0 spiro atoms. The molecule has 6 nitrogen and oxygen atoms in total. The van der Waals surface area contributed by atoms with E-state index in [0.717, 1.165) is 30.4 Å². The van der Waals surface area contributed by atoms with E-state index in [4.69, 9.17) is 0 Å². The van der Waals surface area contributed by atoms with Gasteiger partial charge in [0, 0.05) is 17.8 Å². The quantitative estimate of drug-likeness (QED) is 0.403. The highest BCUT2D eigenvalue weighted by atomic mass is 19.1. The first-order valence-electron chi connectivity index (χ1n) is 12.1. The Kier molecular flexibility index (Phi) is 9.74. The minimum atomic E-state index is -0.468. The average molecular weight is 490 g/mol. The van der Waals surface area contributed by atoms with Gasteiger partial charge in [-0.05, 0) is 67.3 Å². The summed E-state index contributed by atoms with van der Waals surface area (Å²) < 4.78 is 13.4. The Hall–Kier alpha value is -4.00. The Morgan fingerprint density at radius 3 is 2.11 bits per heavy atom. The molecule has 0 fully saturated rings. The van der Waals surface area contributed by atoms with E-state index >= 15 is 0 Å². The molecular weight excluding hydrogens is 457 g/mol. The van der Waals surface area contributed by atoms with Crippen molar-refractivity contribution in [2.75, 3.05) is 18.4 Å². The normalized spacial score (nSPS) is 10.5. The van der Waals surface area contributed by atoms with Crippen LogP contribution in [-0.2, 0) is 22.6 Å². The molecule has 0 unspecified atom stereocenters. The minimum absolute atomic E-state index is 0.125. The number of carbonyl (C=O) groups is 3. The molecule has 3 rings (SSSR count). The second kappa shape index (κ2) is 13.2. The number of aryl methyl sites for hydroxylation is 2. The van der Waals surface area contributed by atoms with Crippen LogP contribution in [-0.4, -0.2) is 35.7 Å². The van der Waals surface area contributed by atoms with Crippen LogP contribution in [0.15, 0.2) is 72.8 Å². The van der Waals surface area contributed by atoms with Crippen molar-refractivity contribution >= 4 is 23.4 Å². The lowest BCUT2D eigenvalue weighted by Crippen LogP contribution is -2.42. The maximum absolute atomic E-state index is 13.4. The second-order valence-electron chi connectivity index (χ2n) is 8.78. The van der Waals surface area contributed by atoms with Gasteiger partial charge in [-0.15, -0.1) is 0 Å². The van der Waals surface area contributed by atoms with Gasteiger partial charge in [0.1, 0.15) is 12.4 Å². The molecule has 36 heavy (non-hydrogen) atoms. The molecule has 0 atom stereocenters. The number of rotatable bonds is 11. The summed E-state index contributed by atoms with van der Waals surface area (Å²) in [5, 5.41) is 5.29. The summed E-state index contributed by atoms with van der Waals surface area (Å²) in [6.45, 7) is 3.73. The van der Waals surface area contributed by atoms with Crippen molar-refractivity contribution in [2.24, 2.45) is 0 Å². The SMILES string of the molecule is CCCCc1ccc(C(=O)N(CC(=O)NCC(=O)Nc2ccc(C)cc2)Cc2ccc(F)cc2)cc1. The van der Waals surface area contributed by atoms with Crippen LogP contribution in [0, 0.1) is 12.7 Å². The van der Waals surface area contributed by atoms with E-state index in [1.807, 2.05) is 31.2 Å². The monoisotopic (exact) mass is 489 g/mol. The number of hydrogen-bond acceptors (Lipinski definition) is 3. The van der Waals surface area contributed by atoms with Gasteiger partial charge in [-0.2, -0.15) is 0 Å². The van der Waals surface area contributed by atoms with Gasteiger partial charge in [-0.25, -0.2) is 4.39 Å². The predicted octanol–water partition coefficient (Wildman–Crippen LogP) is 4.87. The van der Waals surface area contributed by atoms with Crippen molar-refractivity contribution in [3.05, 3.63) is 101 Å². The molecule has 3 amide bonds. The second-order valence-corrected chi connectivity index (χ2v) is 8.78. The zero-order chi connectivity index (χ0) is 25.9. The molecule has 0 radical (unpaired) electrons. The van der Waals surface area contributed by atoms with Gasteiger partial charge in [0.2, 0.25) is 11.8 Å². The summed E-state index contributed by atoms with van der Waals surface area (Å²) in [5.41, 5.74) is 4.01. The van der Waals surface area contributed by atoms with E-state index in [1.54, 1.807) is 36.4 Å². The van der Waals surface area contributed by atoms with Gasteiger partial charge in [-0.3, -0.25) is 14.4 Å². The first-order valence-corrected chi connectivity index (χ1v) is 12.1. The van der Waals surface area contributed by atoms with Crippen molar-refractivity contribution in [1.29, 1.82) is 0 Å². The third kappa shape index (κ3) is 8.34. The van der Waals surface area contributed by atoms with E-state index in [-0.39, 0.29) is 37.3 Å². The summed E-state index contributed by atoms with van der Waals surface area (Å²) >= 11 is 0. The fourth-order valence-corrected chi connectivity index (χ4v) is 3.64. The number of nitrogens with one attached hydrogen (secondary N) is 2. The maximum atomic E-state index is 13.4. The topological polar surface area (TPSA) is 78.5 Å². The third-order valence-electron chi connectivity index (χ3n) is 5.71. The average Bonchev–Trinajstić information content (AvgIpc) is 2.88. The summed E-state index contributed by atoms with van der Waals surface area (Å²) in [4.78, 5) is 39.6. The van der Waals surface area contributed by atoms with Crippen molar-refractivity contribution in [3.8, 4) is 0 Å². The number of anilines is 1. The Balaban J connectivity index is 1.64.